The summed E-state index contributed by atoms with van der Waals surface area (Å²) >= 11 is 1.40. The zero-order valence-corrected chi connectivity index (χ0v) is 10.7. The number of anilines is 2. The minimum absolute atomic E-state index is 0.00735. The number of carbonyl (C=O) groups excluding carboxylic acids is 1. The highest BCUT2D eigenvalue weighted by Gasteiger charge is 2.32. The van der Waals surface area contributed by atoms with Crippen molar-refractivity contribution in [2.45, 2.75) is 32.1 Å². The van der Waals surface area contributed by atoms with E-state index in [0.717, 1.165) is 23.4 Å². The summed E-state index contributed by atoms with van der Waals surface area (Å²) in [5, 5.41) is 4.16. The lowest BCUT2D eigenvalue weighted by Gasteiger charge is -2.05. The highest BCUT2D eigenvalue weighted by Crippen LogP contribution is 2.50. The van der Waals surface area contributed by atoms with E-state index in [4.69, 9.17) is 5.73 Å². The Bertz CT molecular complexity index is 426. The molecule has 1 aliphatic carbocycles. The number of nitrogens with two attached hydrogens (primary N) is 1. The van der Waals surface area contributed by atoms with E-state index in [2.05, 4.69) is 5.32 Å². The van der Waals surface area contributed by atoms with E-state index in [1.165, 1.54) is 18.3 Å². The third-order valence-corrected chi connectivity index (χ3v) is 4.16. The lowest BCUT2D eigenvalue weighted by Crippen LogP contribution is -2.03. The highest BCUT2D eigenvalue weighted by molar-refractivity contribution is 7.18. The number of halogens is 1. The van der Waals surface area contributed by atoms with Crippen LogP contribution in [0.5, 0.6) is 0 Å². The molecule has 0 atom stereocenters. The zero-order valence-electron chi connectivity index (χ0n) is 9.88. The van der Waals surface area contributed by atoms with Crippen molar-refractivity contribution in [3.05, 3.63) is 10.4 Å². The second-order valence-corrected chi connectivity index (χ2v) is 5.41. The number of nitrogens with one attached hydrogen (secondary N) is 1. The zero-order chi connectivity index (χ0) is 12.4. The maximum Gasteiger partial charge on any atom is 0.171 e. The number of Topliss-reactive ketones (excluding diaryl/α,β-unsaturated/α-hetero) is 1. The Labute approximate surface area is 104 Å². The lowest BCUT2D eigenvalue weighted by atomic mass is 10.1. The Morgan fingerprint density at radius 1 is 1.59 bits per heavy atom. The van der Waals surface area contributed by atoms with Gasteiger partial charge in [-0.15, -0.1) is 11.3 Å². The fourth-order valence-corrected chi connectivity index (χ4v) is 3.02. The molecule has 0 bridgehead atoms. The van der Waals surface area contributed by atoms with Gasteiger partial charge in [-0.2, -0.15) is 0 Å². The number of thiophene rings is 1. The first kappa shape index (κ1) is 12.4. The molecule has 1 fully saturated rings. The van der Waals surface area contributed by atoms with E-state index >= 15 is 0 Å². The third kappa shape index (κ3) is 2.60. The molecule has 1 saturated carbocycles. The Balaban J connectivity index is 2.23. The van der Waals surface area contributed by atoms with Crippen molar-refractivity contribution in [3.63, 3.8) is 0 Å². The average molecular weight is 256 g/mol. The number of ketones is 1. The number of alkyl halides is 1. The van der Waals surface area contributed by atoms with Crippen LogP contribution in [0, 0.1) is 0 Å². The van der Waals surface area contributed by atoms with Crippen LogP contribution in [0.2, 0.25) is 0 Å². The Hall–Kier alpha value is -1.10. The first-order chi connectivity index (χ1) is 8.15. The van der Waals surface area contributed by atoms with Gasteiger partial charge in [-0.1, -0.05) is 0 Å². The van der Waals surface area contributed by atoms with Gasteiger partial charge in [-0.3, -0.25) is 9.18 Å². The second kappa shape index (κ2) is 5.04. The maximum atomic E-state index is 12.1. The predicted octanol–water partition coefficient (Wildman–Crippen LogP) is 3.18. The minimum atomic E-state index is -0.327. The minimum Gasteiger partial charge on any atom is -0.397 e. The summed E-state index contributed by atoms with van der Waals surface area (Å²) in [6.07, 6.45) is 2.75. The molecule has 1 aromatic heterocycles. The van der Waals surface area contributed by atoms with Crippen molar-refractivity contribution in [3.8, 4) is 0 Å². The molecule has 0 aromatic carbocycles. The van der Waals surface area contributed by atoms with Gasteiger partial charge in [0.1, 0.15) is 0 Å². The maximum absolute atomic E-state index is 12.1. The Morgan fingerprint density at radius 3 is 2.82 bits per heavy atom. The summed E-state index contributed by atoms with van der Waals surface area (Å²) in [5.74, 6) is 0.500. The van der Waals surface area contributed by atoms with Crippen molar-refractivity contribution in [1.82, 2.24) is 0 Å². The molecule has 0 saturated heterocycles. The van der Waals surface area contributed by atoms with Gasteiger partial charge in [0, 0.05) is 19.0 Å². The van der Waals surface area contributed by atoms with Crippen LogP contribution in [-0.4, -0.2) is 19.0 Å². The summed E-state index contributed by atoms with van der Waals surface area (Å²) in [6, 6.07) is 0. The molecule has 0 aliphatic heterocycles. The first-order valence-electron chi connectivity index (χ1n) is 5.88. The average Bonchev–Trinajstić information content (AvgIpc) is 3.04. The van der Waals surface area contributed by atoms with Gasteiger partial charge < -0.3 is 11.1 Å². The number of carbonyl (C=O) groups is 1. The quantitative estimate of drug-likeness (QED) is 0.607. The largest absolute Gasteiger partial charge is 0.397 e. The van der Waals surface area contributed by atoms with Crippen LogP contribution in [0.4, 0.5) is 15.1 Å². The van der Waals surface area contributed by atoms with Crippen LogP contribution in [0.1, 0.15) is 47.3 Å². The molecule has 2 rings (SSSR count). The molecule has 94 valence electrons. The number of nitrogen functional groups attached to an aromatic ring is 1. The Morgan fingerprint density at radius 2 is 2.29 bits per heavy atom. The molecule has 3 N–H and O–H groups in total. The Kier molecular flexibility index (Phi) is 3.66. The van der Waals surface area contributed by atoms with Crippen LogP contribution in [0.15, 0.2) is 0 Å². The normalized spacial score (nSPS) is 14.9. The van der Waals surface area contributed by atoms with Crippen molar-refractivity contribution >= 4 is 27.8 Å². The van der Waals surface area contributed by atoms with Crippen molar-refractivity contribution in [1.29, 1.82) is 0 Å². The van der Waals surface area contributed by atoms with E-state index in [1.807, 2.05) is 0 Å². The molecule has 5 heteroatoms. The molecule has 0 unspecified atom stereocenters. The van der Waals surface area contributed by atoms with Gasteiger partial charge in [-0.25, -0.2) is 0 Å². The van der Waals surface area contributed by atoms with E-state index in [9.17, 15) is 9.18 Å². The predicted molar refractivity (Wildman–Crippen MR) is 69.8 cm³/mol. The molecule has 17 heavy (non-hydrogen) atoms. The van der Waals surface area contributed by atoms with Gasteiger partial charge in [0.2, 0.25) is 0 Å². The molecule has 0 spiro atoms. The number of rotatable bonds is 6. The fraction of sp³-hybridized carbons (Fsp3) is 0.583. The van der Waals surface area contributed by atoms with Crippen molar-refractivity contribution < 1.29 is 9.18 Å². The van der Waals surface area contributed by atoms with Crippen LogP contribution >= 0.6 is 11.3 Å². The summed E-state index contributed by atoms with van der Waals surface area (Å²) in [7, 11) is 0. The SMILES string of the molecule is CC(=O)c1sc(NCCCF)c(C2CC2)c1N. The molecule has 1 aromatic rings. The first-order valence-corrected chi connectivity index (χ1v) is 6.69. The second-order valence-electron chi connectivity index (χ2n) is 4.39. The van der Waals surface area contributed by atoms with Crippen molar-refractivity contribution in [2.24, 2.45) is 0 Å². The molecule has 0 amide bonds. The highest BCUT2D eigenvalue weighted by atomic mass is 32.1. The van der Waals surface area contributed by atoms with Crippen LogP contribution in [0.25, 0.3) is 0 Å². The van der Waals surface area contributed by atoms with E-state index in [1.54, 1.807) is 0 Å². The van der Waals surface area contributed by atoms with Gasteiger partial charge in [0.05, 0.1) is 22.2 Å². The summed E-state index contributed by atoms with van der Waals surface area (Å²) < 4.78 is 12.1. The fourth-order valence-electron chi connectivity index (χ4n) is 1.90. The lowest BCUT2D eigenvalue weighted by molar-refractivity contribution is 0.102. The molecule has 1 heterocycles. The molecule has 3 nitrogen and oxygen atoms in total. The molecular weight excluding hydrogens is 239 g/mol. The van der Waals surface area contributed by atoms with E-state index in [-0.39, 0.29) is 12.5 Å². The van der Waals surface area contributed by atoms with Gasteiger partial charge in [-0.05, 0) is 25.2 Å². The van der Waals surface area contributed by atoms with Crippen LogP contribution in [0.3, 0.4) is 0 Å². The topological polar surface area (TPSA) is 55.1 Å². The number of hydrogen-bond donors (Lipinski definition) is 2. The van der Waals surface area contributed by atoms with Crippen LogP contribution in [-0.2, 0) is 0 Å². The monoisotopic (exact) mass is 256 g/mol. The van der Waals surface area contributed by atoms with Crippen molar-refractivity contribution in [2.75, 3.05) is 24.3 Å². The summed E-state index contributed by atoms with van der Waals surface area (Å²) in [6.45, 7) is 1.80. The smallest absolute Gasteiger partial charge is 0.171 e. The third-order valence-electron chi connectivity index (χ3n) is 2.88. The van der Waals surface area contributed by atoms with Crippen LogP contribution < -0.4 is 11.1 Å². The summed E-state index contributed by atoms with van der Waals surface area (Å²) in [5.41, 5.74) is 7.74. The molecule has 1 aliphatic rings. The molecule has 0 radical (unpaired) electrons. The summed E-state index contributed by atoms with van der Waals surface area (Å²) in [4.78, 5) is 12.1. The van der Waals surface area contributed by atoms with E-state index < -0.39 is 0 Å². The standard InChI is InChI=1S/C12H17FN2OS/c1-7(16)11-10(14)9(8-3-4-8)12(17-11)15-6-2-5-13/h8,15H,2-6,14H2,1H3. The van der Waals surface area contributed by atoms with Gasteiger partial charge >= 0.3 is 0 Å². The van der Waals surface area contributed by atoms with Gasteiger partial charge in [0.25, 0.3) is 0 Å². The van der Waals surface area contributed by atoms with E-state index in [0.29, 0.717) is 29.4 Å². The molecular formula is C12H17FN2OS. The number of hydrogen-bond acceptors (Lipinski definition) is 4. The van der Waals surface area contributed by atoms with Gasteiger partial charge in [0.15, 0.2) is 5.78 Å².